The minimum atomic E-state index is -1.46. The molecule has 0 aliphatic carbocycles. The summed E-state index contributed by atoms with van der Waals surface area (Å²) < 4.78 is 5.71. The molecule has 0 atom stereocenters. The maximum atomic E-state index is 11.9. The first-order chi connectivity index (χ1) is 8.61. The molecule has 0 saturated heterocycles. The first-order valence-electron chi connectivity index (χ1n) is 5.33. The van der Waals surface area contributed by atoms with Gasteiger partial charge in [0, 0.05) is 4.47 Å². The molecule has 5 nitrogen and oxygen atoms in total. The van der Waals surface area contributed by atoms with Crippen molar-refractivity contribution in [3.8, 4) is 0 Å². The van der Waals surface area contributed by atoms with Gasteiger partial charge in [-0.1, -0.05) is 27.5 Å². The Hall–Kier alpha value is -1.27. The van der Waals surface area contributed by atoms with E-state index in [2.05, 4.69) is 15.9 Å². The highest BCUT2D eigenvalue weighted by Crippen LogP contribution is 2.30. The number of anilines is 1. The molecule has 0 aromatic heterocycles. The highest BCUT2D eigenvalue weighted by atomic mass is 79.9. The highest BCUT2D eigenvalue weighted by molar-refractivity contribution is 9.10. The molecular weight excluding hydrogens is 337 g/mol. The second-order valence-electron chi connectivity index (χ2n) is 4.69. The summed E-state index contributed by atoms with van der Waals surface area (Å²) in [6, 6.07) is 4.50. The Kier molecular flexibility index (Phi) is 4.81. The zero-order valence-electron chi connectivity index (χ0n) is 10.6. The summed E-state index contributed by atoms with van der Waals surface area (Å²) in [7, 11) is 0. The van der Waals surface area contributed by atoms with Crippen LogP contribution in [0.1, 0.15) is 20.8 Å². The lowest BCUT2D eigenvalue weighted by atomic mass is 10.2. The Morgan fingerprint density at radius 1 is 1.37 bits per heavy atom. The molecule has 0 radical (unpaired) electrons. The average molecular weight is 351 g/mol. The van der Waals surface area contributed by atoms with Crippen molar-refractivity contribution in [2.75, 3.05) is 4.90 Å². The van der Waals surface area contributed by atoms with Crippen LogP contribution in [0.2, 0.25) is 5.02 Å². The van der Waals surface area contributed by atoms with Gasteiger partial charge in [0.1, 0.15) is 5.60 Å². The van der Waals surface area contributed by atoms with E-state index in [0.717, 1.165) is 0 Å². The Labute approximate surface area is 124 Å². The lowest BCUT2D eigenvalue weighted by Gasteiger charge is -2.24. The van der Waals surface area contributed by atoms with Crippen LogP contribution in [0.3, 0.4) is 0 Å². The maximum Gasteiger partial charge on any atom is 0.424 e. The predicted octanol–water partition coefficient (Wildman–Crippen LogP) is 4.52. The molecule has 0 bridgehead atoms. The largest absolute Gasteiger partial charge is 0.464 e. The summed E-state index contributed by atoms with van der Waals surface area (Å²) in [6.45, 7) is 4.94. The quantitative estimate of drug-likeness (QED) is 0.808. The summed E-state index contributed by atoms with van der Waals surface area (Å²) in [6.07, 6.45) is -2.46. The van der Waals surface area contributed by atoms with Crippen molar-refractivity contribution in [3.05, 3.63) is 27.7 Å². The van der Waals surface area contributed by atoms with Crippen LogP contribution in [0.4, 0.5) is 15.3 Å². The van der Waals surface area contributed by atoms with E-state index in [1.165, 1.54) is 12.1 Å². The molecule has 104 valence electrons. The van der Waals surface area contributed by atoms with E-state index in [-0.39, 0.29) is 10.7 Å². The molecule has 1 aromatic rings. The van der Waals surface area contributed by atoms with Gasteiger partial charge < -0.3 is 9.84 Å². The number of rotatable bonds is 1. The number of carbonyl (C=O) groups is 2. The monoisotopic (exact) mass is 349 g/mol. The third-order valence-corrected chi connectivity index (χ3v) is 2.71. The fourth-order valence-corrected chi connectivity index (χ4v) is 2.01. The number of nitrogens with zero attached hydrogens (tertiary/aromatic N) is 1. The number of halogens is 2. The van der Waals surface area contributed by atoms with Gasteiger partial charge in [-0.05, 0) is 39.0 Å². The topological polar surface area (TPSA) is 66.8 Å². The fraction of sp³-hybridized carbons (Fsp3) is 0.333. The highest BCUT2D eigenvalue weighted by Gasteiger charge is 2.29. The SMILES string of the molecule is CC(C)(C)OC(=O)N(C(=O)O)c1ccc(Br)cc1Cl. The van der Waals surface area contributed by atoms with Gasteiger partial charge in [0.2, 0.25) is 0 Å². The van der Waals surface area contributed by atoms with Gasteiger partial charge in [0.15, 0.2) is 0 Å². The molecule has 0 aliphatic rings. The van der Waals surface area contributed by atoms with Gasteiger partial charge in [-0.15, -0.1) is 0 Å². The molecular formula is C12H13BrClNO4. The molecule has 19 heavy (non-hydrogen) atoms. The summed E-state index contributed by atoms with van der Waals surface area (Å²) in [5, 5.41) is 9.27. The zero-order chi connectivity index (χ0) is 14.8. The van der Waals surface area contributed by atoms with Gasteiger partial charge >= 0.3 is 12.2 Å². The summed E-state index contributed by atoms with van der Waals surface area (Å²) in [5.41, 5.74) is -0.751. The van der Waals surface area contributed by atoms with E-state index in [9.17, 15) is 9.59 Å². The van der Waals surface area contributed by atoms with Crippen LogP contribution in [-0.2, 0) is 4.74 Å². The maximum absolute atomic E-state index is 11.9. The fourth-order valence-electron chi connectivity index (χ4n) is 1.25. The van der Waals surface area contributed by atoms with Crippen LogP contribution in [0, 0.1) is 0 Å². The third kappa shape index (κ3) is 4.40. The Morgan fingerprint density at radius 3 is 2.37 bits per heavy atom. The standard InChI is InChI=1S/C12H13BrClNO4/c1-12(2,3)19-11(18)15(10(16)17)9-5-4-7(13)6-8(9)14/h4-6H,1-3H3,(H,16,17). The van der Waals surface area contributed by atoms with Crippen LogP contribution in [-0.4, -0.2) is 22.9 Å². The Morgan fingerprint density at radius 2 is 1.95 bits per heavy atom. The molecule has 0 saturated carbocycles. The Bertz CT molecular complexity index is 513. The normalized spacial score (nSPS) is 11.0. The average Bonchev–Trinajstić information content (AvgIpc) is 2.18. The number of hydrogen-bond donors (Lipinski definition) is 1. The summed E-state index contributed by atoms with van der Waals surface area (Å²) in [4.78, 5) is 23.6. The first-order valence-corrected chi connectivity index (χ1v) is 6.50. The lowest BCUT2D eigenvalue weighted by Crippen LogP contribution is -2.40. The van der Waals surface area contributed by atoms with Crippen molar-refractivity contribution in [2.45, 2.75) is 26.4 Å². The molecule has 0 spiro atoms. The van der Waals surface area contributed by atoms with E-state index in [1.54, 1.807) is 26.8 Å². The lowest BCUT2D eigenvalue weighted by molar-refractivity contribution is 0.0582. The molecule has 0 fully saturated rings. The number of imide groups is 1. The molecule has 0 unspecified atom stereocenters. The van der Waals surface area contributed by atoms with Crippen molar-refractivity contribution in [3.63, 3.8) is 0 Å². The van der Waals surface area contributed by atoms with Crippen molar-refractivity contribution < 1.29 is 19.4 Å². The number of hydrogen-bond acceptors (Lipinski definition) is 3. The van der Waals surface area contributed by atoms with Crippen LogP contribution < -0.4 is 4.90 Å². The number of carboxylic acid groups (broad SMARTS) is 1. The van der Waals surface area contributed by atoms with Crippen molar-refractivity contribution in [2.24, 2.45) is 0 Å². The zero-order valence-corrected chi connectivity index (χ0v) is 12.9. The molecule has 1 aromatic carbocycles. The van der Waals surface area contributed by atoms with E-state index >= 15 is 0 Å². The number of ether oxygens (including phenoxy) is 1. The van der Waals surface area contributed by atoms with E-state index in [4.69, 9.17) is 21.4 Å². The van der Waals surface area contributed by atoms with E-state index in [0.29, 0.717) is 9.37 Å². The van der Waals surface area contributed by atoms with Crippen LogP contribution in [0.15, 0.2) is 22.7 Å². The summed E-state index contributed by atoms with van der Waals surface area (Å²) >= 11 is 9.14. The van der Waals surface area contributed by atoms with Crippen LogP contribution in [0.5, 0.6) is 0 Å². The minimum Gasteiger partial charge on any atom is -0.464 e. The third-order valence-electron chi connectivity index (χ3n) is 1.92. The Balaban J connectivity index is 3.14. The smallest absolute Gasteiger partial charge is 0.424 e. The molecule has 2 amide bonds. The second kappa shape index (κ2) is 5.79. The van der Waals surface area contributed by atoms with E-state index in [1.807, 2.05) is 0 Å². The van der Waals surface area contributed by atoms with Crippen molar-refractivity contribution in [1.82, 2.24) is 0 Å². The second-order valence-corrected chi connectivity index (χ2v) is 6.02. The molecule has 1 N–H and O–H groups in total. The predicted molar refractivity (Wildman–Crippen MR) is 75.9 cm³/mol. The number of benzene rings is 1. The van der Waals surface area contributed by atoms with Crippen molar-refractivity contribution >= 4 is 45.4 Å². The van der Waals surface area contributed by atoms with Crippen LogP contribution >= 0.6 is 27.5 Å². The van der Waals surface area contributed by atoms with Gasteiger partial charge in [0.05, 0.1) is 10.7 Å². The molecule has 0 aliphatic heterocycles. The molecule has 0 heterocycles. The van der Waals surface area contributed by atoms with Crippen molar-refractivity contribution in [1.29, 1.82) is 0 Å². The first kappa shape index (κ1) is 15.8. The summed E-state index contributed by atoms with van der Waals surface area (Å²) in [5.74, 6) is 0. The minimum absolute atomic E-state index is 0.0478. The van der Waals surface area contributed by atoms with Gasteiger partial charge in [-0.25, -0.2) is 9.59 Å². The molecule has 7 heteroatoms. The number of amides is 2. The van der Waals surface area contributed by atoms with Gasteiger partial charge in [0.25, 0.3) is 0 Å². The van der Waals surface area contributed by atoms with E-state index < -0.39 is 17.8 Å². The van der Waals surface area contributed by atoms with Gasteiger partial charge in [-0.2, -0.15) is 4.90 Å². The molecule has 1 rings (SSSR count). The van der Waals surface area contributed by atoms with Crippen LogP contribution in [0.25, 0.3) is 0 Å². The number of carbonyl (C=O) groups excluding carboxylic acids is 1. The van der Waals surface area contributed by atoms with Gasteiger partial charge in [-0.3, -0.25) is 0 Å².